The van der Waals surface area contributed by atoms with Gasteiger partial charge in [-0.25, -0.2) is 9.40 Å². The standard InChI is InChI=1S/C24H20ClFN2O3/c1-30-17-10-11-23(31-2)19(13-17)21-14-22(15-6-5-7-16(26)12-15)28(27-21)24(29)18-8-3-4-9-20(18)25/h3-13,22H,14H2,1-2H3. The maximum Gasteiger partial charge on any atom is 0.276 e. The molecule has 158 valence electrons. The maximum absolute atomic E-state index is 14.0. The molecule has 0 radical (unpaired) electrons. The van der Waals surface area contributed by atoms with Crippen molar-refractivity contribution in [2.45, 2.75) is 12.5 Å². The van der Waals surface area contributed by atoms with Gasteiger partial charge in [0.05, 0.1) is 36.6 Å². The summed E-state index contributed by atoms with van der Waals surface area (Å²) in [5, 5.41) is 6.32. The molecule has 3 aromatic carbocycles. The van der Waals surface area contributed by atoms with Crippen molar-refractivity contribution in [3.8, 4) is 11.5 Å². The van der Waals surface area contributed by atoms with Crippen molar-refractivity contribution < 1.29 is 18.7 Å². The molecule has 0 fully saturated rings. The number of rotatable bonds is 5. The number of benzene rings is 3. The summed E-state index contributed by atoms with van der Waals surface area (Å²) >= 11 is 6.26. The van der Waals surface area contributed by atoms with E-state index in [1.807, 2.05) is 6.07 Å². The first kappa shape index (κ1) is 20.9. The minimum Gasteiger partial charge on any atom is -0.497 e. The second-order valence-electron chi connectivity index (χ2n) is 7.02. The fraction of sp³-hybridized carbons (Fsp3) is 0.167. The van der Waals surface area contributed by atoms with Gasteiger partial charge < -0.3 is 9.47 Å². The Morgan fingerprint density at radius 3 is 2.58 bits per heavy atom. The van der Waals surface area contributed by atoms with Crippen LogP contribution in [-0.2, 0) is 0 Å². The molecule has 5 nitrogen and oxygen atoms in total. The third-order valence-electron chi connectivity index (χ3n) is 5.17. The molecule has 0 bridgehead atoms. The summed E-state index contributed by atoms with van der Waals surface area (Å²) in [5.41, 5.74) is 2.30. The van der Waals surface area contributed by atoms with E-state index in [9.17, 15) is 9.18 Å². The second-order valence-corrected chi connectivity index (χ2v) is 7.42. The zero-order chi connectivity index (χ0) is 22.0. The van der Waals surface area contributed by atoms with Gasteiger partial charge in [0.15, 0.2) is 0 Å². The molecule has 0 aliphatic carbocycles. The Kier molecular flexibility index (Phi) is 5.91. The predicted molar refractivity (Wildman–Crippen MR) is 117 cm³/mol. The third kappa shape index (κ3) is 4.11. The van der Waals surface area contributed by atoms with Crippen LogP contribution in [0.3, 0.4) is 0 Å². The third-order valence-corrected chi connectivity index (χ3v) is 5.50. The van der Waals surface area contributed by atoms with Crippen molar-refractivity contribution in [3.05, 3.63) is 94.3 Å². The molecule has 0 saturated carbocycles. The van der Waals surface area contributed by atoms with Gasteiger partial charge in [0.1, 0.15) is 17.3 Å². The van der Waals surface area contributed by atoms with Crippen LogP contribution in [0.25, 0.3) is 0 Å². The first-order chi connectivity index (χ1) is 15.0. The second kappa shape index (κ2) is 8.78. The van der Waals surface area contributed by atoms with Gasteiger partial charge in [0, 0.05) is 12.0 Å². The van der Waals surface area contributed by atoms with E-state index < -0.39 is 6.04 Å². The lowest BCUT2D eigenvalue weighted by atomic mass is 9.97. The molecule has 1 heterocycles. The molecule has 4 rings (SSSR count). The number of halogens is 2. The molecule has 3 aromatic rings. The van der Waals surface area contributed by atoms with Crippen LogP contribution in [0.2, 0.25) is 5.02 Å². The lowest BCUT2D eigenvalue weighted by Crippen LogP contribution is -2.27. The first-order valence-corrected chi connectivity index (χ1v) is 10.0. The molecular weight excluding hydrogens is 419 g/mol. The Morgan fingerprint density at radius 1 is 1.06 bits per heavy atom. The van der Waals surface area contributed by atoms with Gasteiger partial charge in [-0.2, -0.15) is 5.10 Å². The summed E-state index contributed by atoms with van der Waals surface area (Å²) in [5.74, 6) is 0.494. The summed E-state index contributed by atoms with van der Waals surface area (Å²) in [6.07, 6.45) is 0.378. The minimum absolute atomic E-state index is 0.327. The average Bonchev–Trinajstić information content (AvgIpc) is 3.24. The van der Waals surface area contributed by atoms with Gasteiger partial charge in [0.25, 0.3) is 5.91 Å². The Hall–Kier alpha value is -3.38. The lowest BCUT2D eigenvalue weighted by Gasteiger charge is -2.22. The van der Waals surface area contributed by atoms with E-state index in [-0.39, 0.29) is 11.7 Å². The summed E-state index contributed by atoms with van der Waals surface area (Å²) < 4.78 is 24.8. The predicted octanol–water partition coefficient (Wildman–Crippen LogP) is 5.49. The molecule has 1 atom stereocenters. The molecule has 0 N–H and O–H groups in total. The number of nitrogens with zero attached hydrogens (tertiary/aromatic N) is 2. The number of ether oxygens (including phenoxy) is 2. The molecule has 1 unspecified atom stereocenters. The number of hydrogen-bond donors (Lipinski definition) is 0. The molecule has 0 saturated heterocycles. The molecular formula is C24H20ClFN2O3. The van der Waals surface area contributed by atoms with E-state index in [0.29, 0.717) is 45.3 Å². The zero-order valence-electron chi connectivity index (χ0n) is 17.0. The number of methoxy groups -OCH3 is 2. The van der Waals surface area contributed by atoms with Crippen LogP contribution in [0.1, 0.15) is 33.9 Å². The summed E-state index contributed by atoms with van der Waals surface area (Å²) in [6, 6.07) is 17.9. The maximum atomic E-state index is 14.0. The van der Waals surface area contributed by atoms with Gasteiger partial charge in [0.2, 0.25) is 0 Å². The first-order valence-electron chi connectivity index (χ1n) is 9.65. The van der Waals surface area contributed by atoms with Gasteiger partial charge in [-0.15, -0.1) is 0 Å². The van der Waals surface area contributed by atoms with Crippen molar-refractivity contribution in [3.63, 3.8) is 0 Å². The van der Waals surface area contributed by atoms with E-state index in [1.54, 1.807) is 62.8 Å². The highest BCUT2D eigenvalue weighted by atomic mass is 35.5. The van der Waals surface area contributed by atoms with Gasteiger partial charge >= 0.3 is 0 Å². The highest BCUT2D eigenvalue weighted by Gasteiger charge is 2.35. The molecule has 1 amide bonds. The highest BCUT2D eigenvalue weighted by molar-refractivity contribution is 6.33. The van der Waals surface area contributed by atoms with Gasteiger partial charge in [-0.3, -0.25) is 4.79 Å². The Labute approximate surface area is 184 Å². The topological polar surface area (TPSA) is 51.1 Å². The molecule has 0 aromatic heterocycles. The number of carbonyl (C=O) groups excluding carboxylic acids is 1. The van der Waals surface area contributed by atoms with E-state index in [0.717, 1.165) is 0 Å². The smallest absolute Gasteiger partial charge is 0.276 e. The Bertz CT molecular complexity index is 1170. The van der Waals surface area contributed by atoms with Crippen molar-refractivity contribution in [2.75, 3.05) is 14.2 Å². The SMILES string of the molecule is COc1ccc(OC)c(C2=NN(C(=O)c3ccccc3Cl)C(c3cccc(F)c3)C2)c1. The average molecular weight is 439 g/mol. The normalized spacial score (nSPS) is 15.5. The quantitative estimate of drug-likeness (QED) is 0.529. The monoisotopic (exact) mass is 438 g/mol. The van der Waals surface area contributed by atoms with Crippen molar-refractivity contribution >= 4 is 23.2 Å². The molecule has 1 aliphatic heterocycles. The summed E-state index contributed by atoms with van der Waals surface area (Å²) in [4.78, 5) is 13.4. The van der Waals surface area contributed by atoms with E-state index in [4.69, 9.17) is 21.1 Å². The van der Waals surface area contributed by atoms with Gasteiger partial charge in [-0.1, -0.05) is 35.9 Å². The van der Waals surface area contributed by atoms with Crippen molar-refractivity contribution in [1.29, 1.82) is 0 Å². The van der Waals surface area contributed by atoms with E-state index >= 15 is 0 Å². The van der Waals surface area contributed by atoms with Crippen LogP contribution < -0.4 is 9.47 Å². The minimum atomic E-state index is -0.495. The van der Waals surface area contributed by atoms with Gasteiger partial charge in [-0.05, 0) is 48.0 Å². The lowest BCUT2D eigenvalue weighted by molar-refractivity contribution is 0.0711. The number of hydrazone groups is 1. The van der Waals surface area contributed by atoms with Crippen LogP contribution in [-0.4, -0.2) is 30.8 Å². The van der Waals surface area contributed by atoms with E-state index in [1.165, 1.54) is 17.1 Å². The number of hydrogen-bond acceptors (Lipinski definition) is 4. The highest BCUT2D eigenvalue weighted by Crippen LogP contribution is 2.37. The zero-order valence-corrected chi connectivity index (χ0v) is 17.8. The van der Waals surface area contributed by atoms with Crippen molar-refractivity contribution in [2.24, 2.45) is 5.10 Å². The summed E-state index contributed by atoms with van der Waals surface area (Å²) in [6.45, 7) is 0. The van der Waals surface area contributed by atoms with Crippen LogP contribution in [0, 0.1) is 5.82 Å². The van der Waals surface area contributed by atoms with Crippen molar-refractivity contribution in [1.82, 2.24) is 5.01 Å². The van der Waals surface area contributed by atoms with Crippen LogP contribution in [0.15, 0.2) is 71.8 Å². The number of carbonyl (C=O) groups is 1. The van der Waals surface area contributed by atoms with E-state index in [2.05, 4.69) is 5.10 Å². The fourth-order valence-corrected chi connectivity index (χ4v) is 3.85. The molecule has 7 heteroatoms. The largest absolute Gasteiger partial charge is 0.497 e. The molecule has 1 aliphatic rings. The Morgan fingerprint density at radius 2 is 1.87 bits per heavy atom. The Balaban J connectivity index is 1.81. The number of amides is 1. The van der Waals surface area contributed by atoms with Crippen LogP contribution in [0.5, 0.6) is 11.5 Å². The van der Waals surface area contributed by atoms with Crippen LogP contribution in [0.4, 0.5) is 4.39 Å². The van der Waals surface area contributed by atoms with Crippen LogP contribution >= 0.6 is 11.6 Å². The fourth-order valence-electron chi connectivity index (χ4n) is 3.63. The summed E-state index contributed by atoms with van der Waals surface area (Å²) in [7, 11) is 3.14. The molecule has 31 heavy (non-hydrogen) atoms. The molecule has 0 spiro atoms.